The van der Waals surface area contributed by atoms with E-state index in [0.29, 0.717) is 0 Å². The predicted octanol–water partition coefficient (Wildman–Crippen LogP) is 0.583. The van der Waals surface area contributed by atoms with Crippen LogP contribution >= 0.6 is 0 Å². The van der Waals surface area contributed by atoms with Gasteiger partial charge in [-0.05, 0) is 13.8 Å². The summed E-state index contributed by atoms with van der Waals surface area (Å²) in [7, 11) is -2.43. The SMILES string of the molecule is C#CCN(C)S(=O)(=O)c1c(C)[nH]c(C(=O)O)c1C. The molecule has 0 atom stereocenters. The van der Waals surface area contributed by atoms with Gasteiger partial charge < -0.3 is 10.1 Å². The monoisotopic (exact) mass is 270 g/mol. The van der Waals surface area contributed by atoms with Crippen LogP contribution in [0, 0.1) is 26.2 Å². The van der Waals surface area contributed by atoms with E-state index < -0.39 is 16.0 Å². The molecule has 0 aliphatic carbocycles. The highest BCUT2D eigenvalue weighted by Crippen LogP contribution is 2.25. The first-order valence-corrected chi connectivity index (χ1v) is 6.49. The number of aromatic amines is 1. The molecule has 2 N–H and O–H groups in total. The third kappa shape index (κ3) is 2.25. The third-order valence-electron chi connectivity index (χ3n) is 2.56. The largest absolute Gasteiger partial charge is 0.477 e. The van der Waals surface area contributed by atoms with Crippen LogP contribution in [0.5, 0.6) is 0 Å². The number of hydrogen-bond acceptors (Lipinski definition) is 3. The van der Waals surface area contributed by atoms with Gasteiger partial charge in [-0.3, -0.25) is 0 Å². The minimum atomic E-state index is -3.78. The number of sulfonamides is 1. The molecule has 0 fully saturated rings. The number of nitrogens with zero attached hydrogens (tertiary/aromatic N) is 1. The lowest BCUT2D eigenvalue weighted by molar-refractivity contribution is 0.0690. The predicted molar refractivity (Wildman–Crippen MR) is 65.9 cm³/mol. The topological polar surface area (TPSA) is 90.5 Å². The normalized spacial score (nSPS) is 11.5. The van der Waals surface area contributed by atoms with E-state index in [1.165, 1.54) is 20.9 Å². The molecule has 98 valence electrons. The average molecular weight is 270 g/mol. The van der Waals surface area contributed by atoms with Gasteiger partial charge in [0.2, 0.25) is 10.0 Å². The maximum absolute atomic E-state index is 12.2. The van der Waals surface area contributed by atoms with Crippen LogP contribution in [0.1, 0.15) is 21.7 Å². The molecule has 7 heteroatoms. The van der Waals surface area contributed by atoms with Crippen molar-refractivity contribution < 1.29 is 18.3 Å². The lowest BCUT2D eigenvalue weighted by Crippen LogP contribution is -2.28. The Balaban J connectivity index is 3.44. The highest BCUT2D eigenvalue weighted by Gasteiger charge is 2.29. The summed E-state index contributed by atoms with van der Waals surface area (Å²) < 4.78 is 25.4. The number of terminal acetylenes is 1. The second-order valence-corrected chi connectivity index (χ2v) is 5.83. The molecule has 0 aliphatic rings. The molecule has 1 aromatic rings. The Labute approximate surface area is 106 Å². The fraction of sp³-hybridized carbons (Fsp3) is 0.364. The van der Waals surface area contributed by atoms with Gasteiger partial charge in [-0.1, -0.05) is 5.92 Å². The van der Waals surface area contributed by atoms with E-state index in [4.69, 9.17) is 11.5 Å². The number of rotatable bonds is 4. The summed E-state index contributed by atoms with van der Waals surface area (Å²) in [5, 5.41) is 8.94. The maximum Gasteiger partial charge on any atom is 0.352 e. The van der Waals surface area contributed by atoms with Crippen molar-refractivity contribution in [3.63, 3.8) is 0 Å². The first kappa shape index (κ1) is 14.3. The van der Waals surface area contributed by atoms with Crippen LogP contribution in [0.4, 0.5) is 0 Å². The van der Waals surface area contributed by atoms with Gasteiger partial charge >= 0.3 is 5.97 Å². The first-order valence-electron chi connectivity index (χ1n) is 5.05. The Morgan fingerprint density at radius 1 is 1.50 bits per heavy atom. The van der Waals surface area contributed by atoms with Crippen molar-refractivity contribution in [3.8, 4) is 12.3 Å². The lowest BCUT2D eigenvalue weighted by Gasteiger charge is -2.14. The van der Waals surface area contributed by atoms with Gasteiger partial charge in [0.15, 0.2) is 0 Å². The molecule has 0 aliphatic heterocycles. The number of hydrogen-bond donors (Lipinski definition) is 2. The zero-order chi connectivity index (χ0) is 14.1. The smallest absolute Gasteiger partial charge is 0.352 e. The van der Waals surface area contributed by atoms with Crippen molar-refractivity contribution >= 4 is 16.0 Å². The van der Waals surface area contributed by atoms with Crippen LogP contribution in [-0.2, 0) is 10.0 Å². The van der Waals surface area contributed by atoms with E-state index >= 15 is 0 Å². The van der Waals surface area contributed by atoms with E-state index in [0.717, 1.165) is 4.31 Å². The third-order valence-corrected chi connectivity index (χ3v) is 4.64. The number of carbonyl (C=O) groups is 1. The molecule has 18 heavy (non-hydrogen) atoms. The number of carboxylic acids is 1. The number of nitrogens with one attached hydrogen (secondary N) is 1. The molecule has 6 nitrogen and oxygen atoms in total. The highest BCUT2D eigenvalue weighted by atomic mass is 32.2. The Hall–Kier alpha value is -1.78. The van der Waals surface area contributed by atoms with Crippen LogP contribution in [0.25, 0.3) is 0 Å². The standard InChI is InChI=1S/C11H14N2O4S/c1-5-6-13(4)18(16,17)10-7(2)9(11(14)15)12-8(10)3/h1,12H,6H2,2-4H3,(H,14,15). The fourth-order valence-electron chi connectivity index (χ4n) is 1.70. The minimum absolute atomic E-state index is 0.0300. The quantitative estimate of drug-likeness (QED) is 0.783. The molecule has 0 aromatic carbocycles. The van der Waals surface area contributed by atoms with Crippen LogP contribution in [0.3, 0.4) is 0 Å². The van der Waals surface area contributed by atoms with E-state index in [1.54, 1.807) is 0 Å². The second-order valence-electron chi connectivity index (χ2n) is 3.85. The van der Waals surface area contributed by atoms with Crippen molar-refractivity contribution in [1.82, 2.24) is 9.29 Å². The number of carboxylic acid groups (broad SMARTS) is 1. The van der Waals surface area contributed by atoms with E-state index in [-0.39, 0.29) is 28.4 Å². The summed E-state index contributed by atoms with van der Waals surface area (Å²) in [5.74, 6) is 1.03. The molecule has 0 amide bonds. The molecular weight excluding hydrogens is 256 g/mol. The number of aromatic nitrogens is 1. The summed E-state index contributed by atoms with van der Waals surface area (Å²) in [5.41, 5.74) is 0.345. The van der Waals surface area contributed by atoms with Gasteiger partial charge in [-0.2, -0.15) is 4.31 Å². The average Bonchev–Trinajstić information content (AvgIpc) is 2.55. The maximum atomic E-state index is 12.2. The minimum Gasteiger partial charge on any atom is -0.477 e. The van der Waals surface area contributed by atoms with Gasteiger partial charge in [0.25, 0.3) is 0 Å². The molecule has 1 heterocycles. The molecule has 0 unspecified atom stereocenters. The van der Waals surface area contributed by atoms with Crippen molar-refractivity contribution in [1.29, 1.82) is 0 Å². The lowest BCUT2D eigenvalue weighted by atomic mass is 10.2. The molecule has 0 saturated carbocycles. The molecular formula is C11H14N2O4S. The van der Waals surface area contributed by atoms with Crippen LogP contribution in [-0.4, -0.2) is 42.4 Å². The summed E-state index contributed by atoms with van der Waals surface area (Å²) in [6.07, 6.45) is 5.08. The fourth-order valence-corrected chi connectivity index (χ4v) is 3.19. The molecule has 1 aromatic heterocycles. The zero-order valence-electron chi connectivity index (χ0n) is 10.3. The van der Waals surface area contributed by atoms with Gasteiger partial charge in [0.05, 0.1) is 6.54 Å². The summed E-state index contributed by atoms with van der Waals surface area (Å²) in [6.45, 7) is 2.88. The van der Waals surface area contributed by atoms with Crippen molar-refractivity contribution in [2.45, 2.75) is 18.7 Å². The second kappa shape index (κ2) is 4.84. The van der Waals surface area contributed by atoms with E-state index in [9.17, 15) is 13.2 Å². The van der Waals surface area contributed by atoms with Gasteiger partial charge in [0.1, 0.15) is 10.6 Å². The van der Waals surface area contributed by atoms with Gasteiger partial charge in [-0.25, -0.2) is 13.2 Å². The number of aromatic carboxylic acids is 1. The van der Waals surface area contributed by atoms with Gasteiger partial charge in [-0.15, -0.1) is 6.42 Å². The van der Waals surface area contributed by atoms with E-state index in [1.807, 2.05) is 0 Å². The Morgan fingerprint density at radius 2 is 2.06 bits per heavy atom. The Morgan fingerprint density at radius 3 is 2.44 bits per heavy atom. The van der Waals surface area contributed by atoms with Crippen molar-refractivity contribution in [2.75, 3.05) is 13.6 Å². The molecule has 0 saturated heterocycles. The Bertz CT molecular complexity index is 622. The molecule has 0 bridgehead atoms. The first-order chi connectivity index (χ1) is 8.23. The van der Waals surface area contributed by atoms with E-state index in [2.05, 4.69) is 10.9 Å². The number of H-pyrrole nitrogens is 1. The van der Waals surface area contributed by atoms with Crippen molar-refractivity contribution in [3.05, 3.63) is 17.0 Å². The van der Waals surface area contributed by atoms with Crippen molar-refractivity contribution in [2.24, 2.45) is 0 Å². The summed E-state index contributed by atoms with van der Waals surface area (Å²) >= 11 is 0. The van der Waals surface area contributed by atoms with Crippen LogP contribution < -0.4 is 0 Å². The molecule has 0 spiro atoms. The van der Waals surface area contributed by atoms with Crippen LogP contribution in [0.15, 0.2) is 4.90 Å². The highest BCUT2D eigenvalue weighted by molar-refractivity contribution is 7.89. The number of aryl methyl sites for hydroxylation is 1. The zero-order valence-corrected chi connectivity index (χ0v) is 11.1. The molecule has 1 rings (SSSR count). The van der Waals surface area contributed by atoms with Gasteiger partial charge in [0, 0.05) is 18.3 Å². The Kier molecular flexibility index (Phi) is 3.84. The summed E-state index contributed by atoms with van der Waals surface area (Å²) in [6, 6.07) is 0. The summed E-state index contributed by atoms with van der Waals surface area (Å²) in [4.78, 5) is 13.5. The van der Waals surface area contributed by atoms with Crippen LogP contribution in [0.2, 0.25) is 0 Å². The molecule has 0 radical (unpaired) electrons.